The quantitative estimate of drug-likeness (QED) is 0.846. The smallest absolute Gasteiger partial charge is 0.0929 e. The molecule has 0 radical (unpaired) electrons. The van der Waals surface area contributed by atoms with E-state index in [2.05, 4.69) is 29.4 Å². The molecule has 1 aromatic heterocycles. The number of rotatable bonds is 5. The summed E-state index contributed by atoms with van der Waals surface area (Å²) in [5.74, 6) is 0. The molecule has 2 rings (SSSR count). The van der Waals surface area contributed by atoms with Gasteiger partial charge in [-0.25, -0.2) is 0 Å². The average Bonchev–Trinajstić information content (AvgIpc) is 2.46. The van der Waals surface area contributed by atoms with Crippen molar-refractivity contribution in [2.24, 2.45) is 0 Å². The predicted octanol–water partition coefficient (Wildman–Crippen LogP) is 2.47. The first-order chi connectivity index (χ1) is 8.77. The second kappa shape index (κ2) is 6.28. The number of aromatic nitrogens is 1. The highest BCUT2D eigenvalue weighted by atomic mass is 16.3. The topological polar surface area (TPSA) is 45.1 Å². The van der Waals surface area contributed by atoms with Crippen molar-refractivity contribution in [2.75, 3.05) is 6.54 Å². The number of aliphatic hydroxyl groups excluding tert-OH is 1. The molecule has 18 heavy (non-hydrogen) atoms. The highest BCUT2D eigenvalue weighted by molar-refractivity contribution is 5.18. The summed E-state index contributed by atoms with van der Waals surface area (Å²) >= 11 is 0. The maximum atomic E-state index is 10.0. The molecule has 0 fully saturated rings. The zero-order valence-corrected chi connectivity index (χ0v) is 10.5. The Morgan fingerprint density at radius 1 is 1.11 bits per heavy atom. The van der Waals surface area contributed by atoms with Crippen LogP contribution in [0.2, 0.25) is 0 Å². The van der Waals surface area contributed by atoms with Crippen LogP contribution in [0.25, 0.3) is 0 Å². The van der Waals surface area contributed by atoms with Crippen molar-refractivity contribution in [2.45, 2.75) is 19.1 Å². The summed E-state index contributed by atoms with van der Waals surface area (Å²) in [4.78, 5) is 4.00. The summed E-state index contributed by atoms with van der Waals surface area (Å²) in [7, 11) is 0. The van der Waals surface area contributed by atoms with Crippen LogP contribution in [0.4, 0.5) is 0 Å². The van der Waals surface area contributed by atoms with Crippen LogP contribution in [0.1, 0.15) is 30.2 Å². The minimum absolute atomic E-state index is 0.220. The van der Waals surface area contributed by atoms with Gasteiger partial charge in [-0.1, -0.05) is 36.4 Å². The minimum atomic E-state index is -0.523. The summed E-state index contributed by atoms with van der Waals surface area (Å²) in [5, 5.41) is 13.3. The lowest BCUT2D eigenvalue weighted by atomic mass is 10.1. The van der Waals surface area contributed by atoms with Crippen molar-refractivity contribution in [3.05, 3.63) is 66.0 Å². The van der Waals surface area contributed by atoms with E-state index in [-0.39, 0.29) is 6.04 Å². The Morgan fingerprint density at radius 3 is 2.50 bits per heavy atom. The number of hydrogen-bond acceptors (Lipinski definition) is 3. The molecule has 94 valence electrons. The van der Waals surface area contributed by atoms with Gasteiger partial charge in [0.05, 0.1) is 6.10 Å². The largest absolute Gasteiger partial charge is 0.387 e. The Morgan fingerprint density at radius 2 is 1.83 bits per heavy atom. The van der Waals surface area contributed by atoms with Crippen LogP contribution in [0.5, 0.6) is 0 Å². The number of benzene rings is 1. The van der Waals surface area contributed by atoms with E-state index < -0.39 is 6.10 Å². The monoisotopic (exact) mass is 242 g/mol. The van der Waals surface area contributed by atoms with Crippen molar-refractivity contribution < 1.29 is 5.11 Å². The van der Waals surface area contributed by atoms with Crippen LogP contribution >= 0.6 is 0 Å². The van der Waals surface area contributed by atoms with Gasteiger partial charge in [-0.3, -0.25) is 4.98 Å². The third-order valence-electron chi connectivity index (χ3n) is 2.99. The zero-order chi connectivity index (χ0) is 12.8. The van der Waals surface area contributed by atoms with Crippen molar-refractivity contribution in [3.63, 3.8) is 0 Å². The van der Waals surface area contributed by atoms with E-state index >= 15 is 0 Å². The summed E-state index contributed by atoms with van der Waals surface area (Å²) in [6.07, 6.45) is 2.88. The summed E-state index contributed by atoms with van der Waals surface area (Å²) in [6.45, 7) is 2.60. The Hall–Kier alpha value is -1.71. The van der Waals surface area contributed by atoms with Gasteiger partial charge in [0, 0.05) is 30.5 Å². The maximum absolute atomic E-state index is 10.0. The Kier molecular flexibility index (Phi) is 4.45. The van der Waals surface area contributed by atoms with Gasteiger partial charge < -0.3 is 10.4 Å². The second-order valence-electron chi connectivity index (χ2n) is 4.34. The van der Waals surface area contributed by atoms with E-state index in [1.165, 1.54) is 5.56 Å². The van der Waals surface area contributed by atoms with Gasteiger partial charge in [0.15, 0.2) is 0 Å². The fourth-order valence-electron chi connectivity index (χ4n) is 1.84. The first-order valence-corrected chi connectivity index (χ1v) is 6.13. The number of aliphatic hydroxyl groups is 1. The molecular formula is C15H18N2O. The third kappa shape index (κ3) is 3.39. The lowest BCUT2D eigenvalue weighted by Crippen LogP contribution is -2.24. The van der Waals surface area contributed by atoms with Crippen molar-refractivity contribution in [1.29, 1.82) is 0 Å². The molecule has 3 nitrogen and oxygen atoms in total. The van der Waals surface area contributed by atoms with Crippen molar-refractivity contribution in [1.82, 2.24) is 10.3 Å². The minimum Gasteiger partial charge on any atom is -0.387 e. The molecule has 0 aliphatic carbocycles. The molecule has 0 amide bonds. The fraction of sp³-hybridized carbons (Fsp3) is 0.267. The normalized spacial score (nSPS) is 14.1. The number of nitrogens with zero attached hydrogens (tertiary/aromatic N) is 1. The van der Waals surface area contributed by atoms with E-state index in [4.69, 9.17) is 0 Å². The molecule has 0 spiro atoms. The molecule has 0 aliphatic rings. The maximum Gasteiger partial charge on any atom is 0.0929 e. The van der Waals surface area contributed by atoms with Crippen LogP contribution in [0.3, 0.4) is 0 Å². The van der Waals surface area contributed by atoms with Crippen molar-refractivity contribution in [3.8, 4) is 0 Å². The van der Waals surface area contributed by atoms with Gasteiger partial charge in [-0.2, -0.15) is 0 Å². The molecule has 2 aromatic rings. The summed E-state index contributed by atoms with van der Waals surface area (Å²) in [6, 6.07) is 14.1. The lowest BCUT2D eigenvalue weighted by molar-refractivity contribution is 0.170. The average molecular weight is 242 g/mol. The van der Waals surface area contributed by atoms with E-state index in [1.54, 1.807) is 12.4 Å². The molecule has 3 heteroatoms. The summed E-state index contributed by atoms with van der Waals surface area (Å²) < 4.78 is 0. The standard InChI is InChI=1S/C15H18N2O/c1-12(13-6-3-2-4-7-13)17-11-15(18)14-8-5-9-16-10-14/h2-10,12,15,17-18H,11H2,1H3/t12-,15+/m0/s1. The van der Waals surface area contributed by atoms with Gasteiger partial charge in [-0.05, 0) is 18.6 Å². The van der Waals surface area contributed by atoms with E-state index in [1.807, 2.05) is 30.3 Å². The van der Waals surface area contributed by atoms with E-state index in [0.29, 0.717) is 6.54 Å². The van der Waals surface area contributed by atoms with Gasteiger partial charge in [0.2, 0.25) is 0 Å². The van der Waals surface area contributed by atoms with E-state index in [9.17, 15) is 5.11 Å². The zero-order valence-electron chi connectivity index (χ0n) is 10.5. The number of nitrogens with one attached hydrogen (secondary N) is 1. The van der Waals surface area contributed by atoms with Crippen LogP contribution in [0.15, 0.2) is 54.9 Å². The first-order valence-electron chi connectivity index (χ1n) is 6.13. The summed E-state index contributed by atoms with van der Waals surface area (Å²) in [5.41, 5.74) is 2.06. The Balaban J connectivity index is 1.89. The molecule has 2 atom stereocenters. The fourth-order valence-corrected chi connectivity index (χ4v) is 1.84. The third-order valence-corrected chi connectivity index (χ3v) is 2.99. The molecule has 0 bridgehead atoms. The van der Waals surface area contributed by atoms with Gasteiger partial charge in [-0.15, -0.1) is 0 Å². The molecule has 1 aromatic carbocycles. The van der Waals surface area contributed by atoms with Crippen LogP contribution in [0, 0.1) is 0 Å². The van der Waals surface area contributed by atoms with Gasteiger partial charge >= 0.3 is 0 Å². The van der Waals surface area contributed by atoms with Gasteiger partial charge in [0.1, 0.15) is 0 Å². The number of hydrogen-bond donors (Lipinski definition) is 2. The molecule has 0 aliphatic heterocycles. The highest BCUT2D eigenvalue weighted by Gasteiger charge is 2.10. The second-order valence-corrected chi connectivity index (χ2v) is 4.34. The molecule has 0 unspecified atom stereocenters. The molecule has 0 saturated heterocycles. The predicted molar refractivity (Wildman–Crippen MR) is 72.1 cm³/mol. The first kappa shape index (κ1) is 12.7. The Labute approximate surface area is 108 Å². The van der Waals surface area contributed by atoms with Crippen LogP contribution in [-0.4, -0.2) is 16.6 Å². The Bertz CT molecular complexity index is 413. The lowest BCUT2D eigenvalue weighted by Gasteiger charge is -2.17. The van der Waals surface area contributed by atoms with E-state index in [0.717, 1.165) is 5.56 Å². The number of pyridine rings is 1. The van der Waals surface area contributed by atoms with Crippen molar-refractivity contribution >= 4 is 0 Å². The molecule has 0 saturated carbocycles. The highest BCUT2D eigenvalue weighted by Crippen LogP contribution is 2.14. The SMILES string of the molecule is C[C@H](NC[C@@H](O)c1cccnc1)c1ccccc1. The molecule has 2 N–H and O–H groups in total. The molecule has 1 heterocycles. The van der Waals surface area contributed by atoms with Crippen LogP contribution < -0.4 is 5.32 Å². The van der Waals surface area contributed by atoms with Crippen LogP contribution in [-0.2, 0) is 0 Å². The van der Waals surface area contributed by atoms with Gasteiger partial charge in [0.25, 0.3) is 0 Å². The molecular weight excluding hydrogens is 224 g/mol.